The fourth-order valence-corrected chi connectivity index (χ4v) is 10.1. The van der Waals surface area contributed by atoms with E-state index in [0.717, 1.165) is 79.3 Å². The van der Waals surface area contributed by atoms with Gasteiger partial charge in [0.2, 0.25) is 0 Å². The molecule has 0 radical (unpaired) electrons. The zero-order valence-corrected chi connectivity index (χ0v) is 37.4. The van der Waals surface area contributed by atoms with Gasteiger partial charge in [0.25, 0.3) is 0 Å². The Morgan fingerprint density at radius 1 is 0.448 bits per heavy atom. The van der Waals surface area contributed by atoms with Crippen molar-refractivity contribution in [2.24, 2.45) is 0 Å². The molecular weight excluding hydrogens is 817 g/mol. The van der Waals surface area contributed by atoms with Crippen LogP contribution in [0, 0.1) is 6.92 Å². The van der Waals surface area contributed by atoms with Crippen molar-refractivity contribution < 1.29 is 4.42 Å². The summed E-state index contributed by atoms with van der Waals surface area (Å²) in [7, 11) is 0. The summed E-state index contributed by atoms with van der Waals surface area (Å²) in [6, 6.07) is 75.2. The molecule has 0 amide bonds. The van der Waals surface area contributed by atoms with Crippen LogP contribution >= 0.6 is 0 Å². The van der Waals surface area contributed by atoms with Crippen LogP contribution in [0.1, 0.15) is 36.0 Å². The zero-order chi connectivity index (χ0) is 44.8. The molecule has 0 saturated heterocycles. The minimum atomic E-state index is 0.419. The summed E-state index contributed by atoms with van der Waals surface area (Å²) in [6.45, 7) is 4.58. The smallest absolute Gasteiger partial charge is 0.166 e. The first-order valence-electron chi connectivity index (χ1n) is 23.2. The number of hydrogen-bond acceptors (Lipinski definition) is 4. The van der Waals surface area contributed by atoms with Gasteiger partial charge in [-0.05, 0) is 101 Å². The van der Waals surface area contributed by atoms with Crippen LogP contribution < -0.4 is 0 Å². The number of fused-ring (bicyclic) bond motifs is 6. The lowest BCUT2D eigenvalue weighted by molar-refractivity contribution is 0.661. The molecule has 0 bridgehead atoms. The number of aryl methyl sites for hydroxylation is 1. The van der Waals surface area contributed by atoms with E-state index in [-0.39, 0.29) is 0 Å². The van der Waals surface area contributed by atoms with Gasteiger partial charge in [-0.15, -0.1) is 0 Å². The molecule has 1 atom stereocenters. The van der Waals surface area contributed by atoms with Crippen molar-refractivity contribution in [3.63, 3.8) is 0 Å². The number of aromatic nitrogens is 4. The Kier molecular flexibility index (Phi) is 10.1. The van der Waals surface area contributed by atoms with Crippen molar-refractivity contribution in [1.82, 2.24) is 19.5 Å². The van der Waals surface area contributed by atoms with Gasteiger partial charge in [-0.25, -0.2) is 15.0 Å². The molecule has 0 spiro atoms. The molecule has 5 nitrogen and oxygen atoms in total. The van der Waals surface area contributed by atoms with Gasteiger partial charge in [-0.1, -0.05) is 183 Å². The number of rotatable bonds is 10. The molecule has 0 fully saturated rings. The molecule has 0 N–H and O–H groups in total. The monoisotopic (exact) mass is 862 g/mol. The molecule has 0 aliphatic heterocycles. The largest absolute Gasteiger partial charge is 0.456 e. The lowest BCUT2D eigenvalue weighted by atomic mass is 9.85. The van der Waals surface area contributed by atoms with Crippen LogP contribution in [-0.4, -0.2) is 19.5 Å². The summed E-state index contributed by atoms with van der Waals surface area (Å²) < 4.78 is 8.81. The molecule has 67 heavy (non-hydrogen) atoms. The van der Waals surface area contributed by atoms with Crippen molar-refractivity contribution in [2.45, 2.75) is 32.6 Å². The first kappa shape index (κ1) is 40.1. The first-order chi connectivity index (χ1) is 33.1. The fourth-order valence-electron chi connectivity index (χ4n) is 10.1. The fraction of sp³-hybridized carbons (Fsp3) is 0.0806. The summed E-state index contributed by atoms with van der Waals surface area (Å²) >= 11 is 0. The Morgan fingerprint density at radius 2 is 1.03 bits per heavy atom. The van der Waals surface area contributed by atoms with Gasteiger partial charge >= 0.3 is 0 Å². The van der Waals surface area contributed by atoms with Gasteiger partial charge in [0, 0.05) is 38.2 Å². The van der Waals surface area contributed by atoms with E-state index in [4.69, 9.17) is 19.4 Å². The zero-order valence-electron chi connectivity index (χ0n) is 37.4. The van der Waals surface area contributed by atoms with Crippen LogP contribution in [0.15, 0.2) is 217 Å². The lowest BCUT2D eigenvalue weighted by Gasteiger charge is -2.20. The van der Waals surface area contributed by atoms with Crippen LogP contribution in [0.4, 0.5) is 0 Å². The molecule has 320 valence electrons. The van der Waals surface area contributed by atoms with Crippen LogP contribution in [0.3, 0.4) is 0 Å². The Balaban J connectivity index is 1.04. The Morgan fingerprint density at radius 3 is 1.84 bits per heavy atom. The van der Waals surface area contributed by atoms with Crippen molar-refractivity contribution in [3.8, 4) is 62.1 Å². The molecule has 0 aliphatic rings. The predicted molar refractivity (Wildman–Crippen MR) is 277 cm³/mol. The molecule has 3 aromatic heterocycles. The van der Waals surface area contributed by atoms with Gasteiger partial charge < -0.3 is 8.98 Å². The van der Waals surface area contributed by atoms with Crippen molar-refractivity contribution >= 4 is 43.7 Å². The average molecular weight is 863 g/mol. The van der Waals surface area contributed by atoms with E-state index in [2.05, 4.69) is 206 Å². The van der Waals surface area contributed by atoms with E-state index in [1.54, 1.807) is 0 Å². The molecule has 12 aromatic rings. The third kappa shape index (κ3) is 7.17. The van der Waals surface area contributed by atoms with E-state index in [9.17, 15) is 0 Å². The van der Waals surface area contributed by atoms with Gasteiger partial charge in [0.15, 0.2) is 17.5 Å². The van der Waals surface area contributed by atoms with Crippen molar-refractivity contribution in [3.05, 3.63) is 229 Å². The molecule has 0 saturated carbocycles. The molecule has 1 unspecified atom stereocenters. The predicted octanol–water partition coefficient (Wildman–Crippen LogP) is 16.2. The maximum atomic E-state index is 6.38. The van der Waals surface area contributed by atoms with Crippen LogP contribution in [0.5, 0.6) is 0 Å². The highest BCUT2D eigenvalue weighted by Gasteiger charge is 2.23. The van der Waals surface area contributed by atoms with E-state index in [1.807, 2.05) is 24.3 Å². The highest BCUT2D eigenvalue weighted by Crippen LogP contribution is 2.42. The van der Waals surface area contributed by atoms with E-state index in [1.165, 1.54) is 38.6 Å². The van der Waals surface area contributed by atoms with Crippen LogP contribution in [-0.2, 0) is 6.42 Å². The summed E-state index contributed by atoms with van der Waals surface area (Å²) in [5.41, 5.74) is 16.3. The van der Waals surface area contributed by atoms with Crippen molar-refractivity contribution in [2.75, 3.05) is 0 Å². The van der Waals surface area contributed by atoms with E-state index >= 15 is 0 Å². The molecule has 0 aliphatic carbocycles. The SMILES string of the molecule is CCC(Cc1ccccc1-c1ccc2c3ccccc3n(-c3ccccc3-c3nc(-c4ccc(-c5ccccc5)cc4)nc(-c4ccc5c(c4)oc4ccccc45)n3)c2c1C)c1ccccc1. The number of benzene rings is 9. The minimum Gasteiger partial charge on any atom is -0.456 e. The van der Waals surface area contributed by atoms with E-state index in [0.29, 0.717) is 23.4 Å². The molecule has 3 heterocycles. The lowest BCUT2D eigenvalue weighted by Crippen LogP contribution is -2.05. The average Bonchev–Trinajstić information content (AvgIpc) is 3.94. The number of furan rings is 1. The third-order valence-corrected chi connectivity index (χ3v) is 13.5. The highest BCUT2D eigenvalue weighted by atomic mass is 16.3. The van der Waals surface area contributed by atoms with Gasteiger partial charge in [-0.2, -0.15) is 0 Å². The molecule has 12 rings (SSSR count). The topological polar surface area (TPSA) is 56.7 Å². The standard InChI is InChI=1S/C62H46N4O/c1-3-41(42-18-6-4-7-19-42)38-46-22-10-11-23-49(46)48-36-37-53-50-24-12-15-27-55(50)66(59(53)40(48)2)56-28-16-13-26-54(56)62-64-60(45-32-30-44(31-33-45)43-20-8-5-9-21-43)63-61(65-62)47-34-35-52-51-25-14-17-29-57(51)67-58(52)39-47/h4-37,39,41H,3,38H2,1-2H3. The highest BCUT2D eigenvalue weighted by molar-refractivity contribution is 6.12. The summed E-state index contributed by atoms with van der Waals surface area (Å²) in [6.07, 6.45) is 2.03. The van der Waals surface area contributed by atoms with Crippen LogP contribution in [0.25, 0.3) is 106 Å². The summed E-state index contributed by atoms with van der Waals surface area (Å²) in [5.74, 6) is 2.17. The third-order valence-electron chi connectivity index (χ3n) is 13.5. The Hall–Kier alpha value is -8.41. The molecular formula is C62H46N4O. The molecule has 9 aromatic carbocycles. The first-order valence-corrected chi connectivity index (χ1v) is 23.2. The van der Waals surface area contributed by atoms with Gasteiger partial charge in [0.05, 0.1) is 16.7 Å². The maximum absolute atomic E-state index is 6.38. The van der Waals surface area contributed by atoms with Gasteiger partial charge in [0.1, 0.15) is 11.2 Å². The maximum Gasteiger partial charge on any atom is 0.166 e. The molecule has 5 heteroatoms. The quantitative estimate of drug-likeness (QED) is 0.137. The van der Waals surface area contributed by atoms with Crippen LogP contribution in [0.2, 0.25) is 0 Å². The van der Waals surface area contributed by atoms with Crippen molar-refractivity contribution in [1.29, 1.82) is 0 Å². The number of para-hydroxylation sites is 3. The Labute approximate surface area is 389 Å². The number of nitrogens with zero attached hydrogens (tertiary/aromatic N) is 4. The second kappa shape index (κ2) is 16.9. The van der Waals surface area contributed by atoms with Gasteiger partial charge in [-0.3, -0.25) is 0 Å². The second-order valence-electron chi connectivity index (χ2n) is 17.4. The second-order valence-corrected chi connectivity index (χ2v) is 17.4. The van der Waals surface area contributed by atoms with E-state index < -0.39 is 0 Å². The summed E-state index contributed by atoms with van der Waals surface area (Å²) in [5, 5.41) is 4.54. The number of hydrogen-bond donors (Lipinski definition) is 0. The Bertz CT molecular complexity index is 3770. The minimum absolute atomic E-state index is 0.419. The normalized spacial score (nSPS) is 12.1. The summed E-state index contributed by atoms with van der Waals surface area (Å²) in [4.78, 5) is 15.9.